The molecule has 136 valence electrons. The zero-order valence-electron chi connectivity index (χ0n) is 15.2. The number of hydrogen-bond acceptors (Lipinski definition) is 6. The number of hydrogen-bond donors (Lipinski definition) is 1. The van der Waals surface area contributed by atoms with Gasteiger partial charge in [-0.05, 0) is 24.6 Å². The number of nitrogens with one attached hydrogen (secondary N) is 1. The van der Waals surface area contributed by atoms with E-state index in [1.807, 2.05) is 18.3 Å². The molecule has 6 nitrogen and oxygen atoms in total. The van der Waals surface area contributed by atoms with Crippen LogP contribution < -0.4 is 14.8 Å². The van der Waals surface area contributed by atoms with E-state index in [4.69, 9.17) is 14.2 Å². The van der Waals surface area contributed by atoms with Crippen molar-refractivity contribution in [3.63, 3.8) is 0 Å². The molecular formula is C19H27N3O3. The minimum absolute atomic E-state index is 0.502. The fourth-order valence-electron chi connectivity index (χ4n) is 3.17. The Bertz CT molecular complexity index is 702. The molecule has 0 aliphatic carbocycles. The normalized spacial score (nSPS) is 16.8. The molecule has 1 aliphatic rings. The van der Waals surface area contributed by atoms with Crippen LogP contribution in [0, 0.1) is 0 Å². The first-order valence-corrected chi connectivity index (χ1v) is 8.74. The van der Waals surface area contributed by atoms with Crippen LogP contribution in [0.2, 0.25) is 0 Å². The number of nitrogens with zero attached hydrogens (tertiary/aromatic N) is 2. The van der Waals surface area contributed by atoms with E-state index in [0.29, 0.717) is 11.8 Å². The molecular weight excluding hydrogens is 318 g/mol. The Kier molecular flexibility index (Phi) is 6.07. The highest BCUT2D eigenvalue weighted by molar-refractivity contribution is 5.83. The third-order valence-corrected chi connectivity index (χ3v) is 4.68. The first-order valence-electron chi connectivity index (χ1n) is 8.74. The van der Waals surface area contributed by atoms with Gasteiger partial charge in [-0.2, -0.15) is 0 Å². The molecule has 0 saturated carbocycles. The molecule has 25 heavy (non-hydrogen) atoms. The van der Waals surface area contributed by atoms with Crippen molar-refractivity contribution >= 4 is 10.9 Å². The third kappa shape index (κ3) is 4.39. The average molecular weight is 345 g/mol. The highest BCUT2D eigenvalue weighted by Crippen LogP contribution is 2.31. The largest absolute Gasteiger partial charge is 0.493 e. The van der Waals surface area contributed by atoms with E-state index in [9.17, 15) is 0 Å². The summed E-state index contributed by atoms with van der Waals surface area (Å²) in [6.45, 7) is 7.71. The smallest absolute Gasteiger partial charge is 0.162 e. The minimum atomic E-state index is 0.502. The maximum atomic E-state index is 5.41. The summed E-state index contributed by atoms with van der Waals surface area (Å²) in [7, 11) is 3.28. The molecule has 2 aromatic rings. The quantitative estimate of drug-likeness (QED) is 0.829. The SMILES string of the molecule is COc1cc2cc(CNCC(C)N3CCOCC3)cnc2cc1OC. The first kappa shape index (κ1) is 17.9. The first-order chi connectivity index (χ1) is 12.2. The summed E-state index contributed by atoms with van der Waals surface area (Å²) in [6, 6.07) is 6.53. The summed E-state index contributed by atoms with van der Waals surface area (Å²) in [6.07, 6.45) is 1.92. The summed E-state index contributed by atoms with van der Waals surface area (Å²) < 4.78 is 16.1. The lowest BCUT2D eigenvalue weighted by molar-refractivity contribution is 0.0203. The zero-order valence-corrected chi connectivity index (χ0v) is 15.2. The molecule has 1 atom stereocenters. The second-order valence-electron chi connectivity index (χ2n) is 6.37. The maximum absolute atomic E-state index is 5.41. The number of methoxy groups -OCH3 is 2. The second kappa shape index (κ2) is 8.47. The van der Waals surface area contributed by atoms with Crippen molar-refractivity contribution in [2.45, 2.75) is 19.5 Å². The van der Waals surface area contributed by atoms with Crippen LogP contribution in [0.4, 0.5) is 0 Å². The van der Waals surface area contributed by atoms with E-state index in [1.54, 1.807) is 14.2 Å². The van der Waals surface area contributed by atoms with Gasteiger partial charge in [0.05, 0.1) is 33.0 Å². The van der Waals surface area contributed by atoms with Gasteiger partial charge in [-0.1, -0.05) is 0 Å². The Morgan fingerprint density at radius 1 is 1.16 bits per heavy atom. The summed E-state index contributed by atoms with van der Waals surface area (Å²) in [4.78, 5) is 7.01. The van der Waals surface area contributed by atoms with Gasteiger partial charge in [-0.25, -0.2) is 0 Å². The van der Waals surface area contributed by atoms with Crippen molar-refractivity contribution in [2.24, 2.45) is 0 Å². The molecule has 0 spiro atoms. The lowest BCUT2D eigenvalue weighted by Crippen LogP contribution is -2.46. The molecule has 3 rings (SSSR count). The van der Waals surface area contributed by atoms with Crippen LogP contribution >= 0.6 is 0 Å². The molecule has 1 aliphatic heterocycles. The average Bonchev–Trinajstić information content (AvgIpc) is 2.67. The van der Waals surface area contributed by atoms with E-state index >= 15 is 0 Å². The third-order valence-electron chi connectivity index (χ3n) is 4.68. The molecule has 0 amide bonds. The van der Waals surface area contributed by atoms with Gasteiger partial charge in [-0.15, -0.1) is 0 Å². The molecule has 1 saturated heterocycles. The van der Waals surface area contributed by atoms with Gasteiger partial charge in [0, 0.05) is 49.9 Å². The van der Waals surface area contributed by atoms with Gasteiger partial charge in [0.25, 0.3) is 0 Å². The highest BCUT2D eigenvalue weighted by atomic mass is 16.5. The Labute approximate surface area is 149 Å². The molecule has 1 aromatic heterocycles. The fraction of sp³-hybridized carbons (Fsp3) is 0.526. The van der Waals surface area contributed by atoms with E-state index < -0.39 is 0 Å². The second-order valence-corrected chi connectivity index (χ2v) is 6.37. The Hall–Kier alpha value is -1.89. The summed E-state index contributed by atoms with van der Waals surface area (Å²) >= 11 is 0. The molecule has 0 radical (unpaired) electrons. The standard InChI is InChI=1S/C19H27N3O3/c1-14(22-4-6-25-7-5-22)11-20-12-15-8-16-9-18(23-2)19(24-3)10-17(16)21-13-15/h8-10,13-14,20H,4-7,11-12H2,1-3H3. The van der Waals surface area contributed by atoms with Crippen molar-refractivity contribution < 1.29 is 14.2 Å². The van der Waals surface area contributed by atoms with Crippen LogP contribution in [0.5, 0.6) is 11.5 Å². The van der Waals surface area contributed by atoms with Crippen LogP contribution in [-0.4, -0.2) is 63.0 Å². The van der Waals surface area contributed by atoms with Crippen LogP contribution in [0.15, 0.2) is 24.4 Å². The number of aromatic nitrogens is 1. The molecule has 0 bridgehead atoms. The number of benzene rings is 1. The van der Waals surface area contributed by atoms with Gasteiger partial charge in [0.2, 0.25) is 0 Å². The van der Waals surface area contributed by atoms with Gasteiger partial charge in [0.15, 0.2) is 11.5 Å². The molecule has 1 fully saturated rings. The molecule has 1 aromatic carbocycles. The van der Waals surface area contributed by atoms with Crippen LogP contribution in [0.25, 0.3) is 10.9 Å². The van der Waals surface area contributed by atoms with Crippen LogP contribution in [0.1, 0.15) is 12.5 Å². The van der Waals surface area contributed by atoms with Crippen LogP contribution in [-0.2, 0) is 11.3 Å². The molecule has 1 N–H and O–H groups in total. The van der Waals surface area contributed by atoms with E-state index in [0.717, 1.165) is 61.6 Å². The van der Waals surface area contributed by atoms with Crippen molar-refractivity contribution in [2.75, 3.05) is 47.1 Å². The predicted octanol–water partition coefficient (Wildman–Crippen LogP) is 2.06. The number of morpholine rings is 1. The topological polar surface area (TPSA) is 55.9 Å². The Morgan fingerprint density at radius 3 is 2.60 bits per heavy atom. The molecule has 1 unspecified atom stereocenters. The molecule has 2 heterocycles. The number of fused-ring (bicyclic) bond motifs is 1. The lowest BCUT2D eigenvalue weighted by atomic mass is 10.1. The van der Waals surface area contributed by atoms with E-state index in [1.165, 1.54) is 0 Å². The number of pyridine rings is 1. The Morgan fingerprint density at radius 2 is 1.88 bits per heavy atom. The predicted molar refractivity (Wildman–Crippen MR) is 98.4 cm³/mol. The van der Waals surface area contributed by atoms with Crippen molar-refractivity contribution in [1.82, 2.24) is 15.2 Å². The maximum Gasteiger partial charge on any atom is 0.162 e. The Balaban J connectivity index is 1.61. The summed E-state index contributed by atoms with van der Waals surface area (Å²) in [5, 5.41) is 4.59. The monoisotopic (exact) mass is 345 g/mol. The lowest BCUT2D eigenvalue weighted by Gasteiger charge is -2.32. The van der Waals surface area contributed by atoms with E-state index in [-0.39, 0.29) is 0 Å². The molecule has 6 heteroatoms. The van der Waals surface area contributed by atoms with Gasteiger partial charge in [0.1, 0.15) is 0 Å². The van der Waals surface area contributed by atoms with Crippen molar-refractivity contribution in [3.8, 4) is 11.5 Å². The van der Waals surface area contributed by atoms with Crippen molar-refractivity contribution in [1.29, 1.82) is 0 Å². The number of rotatable bonds is 7. The van der Waals surface area contributed by atoms with Crippen molar-refractivity contribution in [3.05, 3.63) is 30.0 Å². The van der Waals surface area contributed by atoms with Gasteiger partial charge < -0.3 is 19.5 Å². The summed E-state index contributed by atoms with van der Waals surface area (Å²) in [5.74, 6) is 1.43. The number of ether oxygens (including phenoxy) is 3. The summed E-state index contributed by atoms with van der Waals surface area (Å²) in [5.41, 5.74) is 2.07. The zero-order chi connectivity index (χ0) is 17.6. The fourth-order valence-corrected chi connectivity index (χ4v) is 3.17. The van der Waals surface area contributed by atoms with Gasteiger partial charge >= 0.3 is 0 Å². The minimum Gasteiger partial charge on any atom is -0.493 e. The highest BCUT2D eigenvalue weighted by Gasteiger charge is 2.16. The van der Waals surface area contributed by atoms with Crippen LogP contribution in [0.3, 0.4) is 0 Å². The van der Waals surface area contributed by atoms with Gasteiger partial charge in [-0.3, -0.25) is 9.88 Å². The van der Waals surface area contributed by atoms with E-state index in [2.05, 4.69) is 28.2 Å².